The minimum Gasteiger partial charge on any atom is -0.508 e. The van der Waals surface area contributed by atoms with Crippen molar-refractivity contribution in [1.29, 1.82) is 0 Å². The number of nitrogens with zero attached hydrogens (tertiary/aromatic N) is 2. The molecule has 9 heteroatoms. The summed E-state index contributed by atoms with van der Waals surface area (Å²) in [6.45, 7) is 14.7. The lowest BCUT2D eigenvalue weighted by Gasteiger charge is -2.31. The zero-order valence-electron chi connectivity index (χ0n) is 37.4. The van der Waals surface area contributed by atoms with Gasteiger partial charge in [-0.2, -0.15) is 0 Å². The second-order valence-electron chi connectivity index (χ2n) is 18.1. The SMILES string of the molecule is CC1CCCCC1O.CCOC(=O)C1CCN(Cc2ccc3cc(O)ccc3c2)CC1.CCOC(=O)C1CCN(Cc2ccc3cc(OC4CCCCC4C)ccc3c2)CC1. The molecule has 2 N–H and O–H groups in total. The Bertz CT molecular complexity index is 1980. The number of benzene rings is 4. The molecule has 4 aliphatic rings. The monoisotopic (exact) mass is 837 g/mol. The predicted molar refractivity (Wildman–Crippen MR) is 245 cm³/mol. The zero-order valence-corrected chi connectivity index (χ0v) is 37.4. The molecule has 2 heterocycles. The first-order chi connectivity index (χ1) is 29.6. The van der Waals surface area contributed by atoms with E-state index in [9.17, 15) is 19.8 Å². The molecule has 0 aromatic heterocycles. The number of aromatic hydroxyl groups is 1. The van der Waals surface area contributed by atoms with E-state index in [1.54, 1.807) is 12.1 Å². The van der Waals surface area contributed by atoms with Gasteiger partial charge in [-0.25, -0.2) is 0 Å². The van der Waals surface area contributed by atoms with Crippen molar-refractivity contribution in [2.75, 3.05) is 39.4 Å². The number of carbonyl (C=O) groups excluding carboxylic acids is 2. The number of phenols is 1. The van der Waals surface area contributed by atoms with E-state index in [1.165, 1.54) is 66.8 Å². The number of hydrogen-bond donors (Lipinski definition) is 2. The maximum absolute atomic E-state index is 11.9. The molecule has 0 radical (unpaired) electrons. The van der Waals surface area contributed by atoms with Gasteiger partial charge in [0, 0.05) is 13.1 Å². The topological polar surface area (TPSA) is 109 Å². The Labute approximate surface area is 364 Å². The highest BCUT2D eigenvalue weighted by molar-refractivity contribution is 5.85. The van der Waals surface area contributed by atoms with Gasteiger partial charge in [0.25, 0.3) is 0 Å². The van der Waals surface area contributed by atoms with E-state index in [0.29, 0.717) is 36.9 Å². The van der Waals surface area contributed by atoms with E-state index >= 15 is 0 Å². The van der Waals surface area contributed by atoms with E-state index in [-0.39, 0.29) is 29.9 Å². The minimum atomic E-state index is -0.0438. The van der Waals surface area contributed by atoms with Crippen LogP contribution in [0.2, 0.25) is 0 Å². The molecule has 8 rings (SSSR count). The summed E-state index contributed by atoms with van der Waals surface area (Å²) >= 11 is 0. The van der Waals surface area contributed by atoms with Crippen molar-refractivity contribution in [3.8, 4) is 11.5 Å². The molecule has 0 amide bonds. The third-order valence-corrected chi connectivity index (χ3v) is 13.4. The number of piperidine rings is 2. The van der Waals surface area contributed by atoms with Crippen LogP contribution in [-0.4, -0.2) is 83.6 Å². The lowest BCUT2D eigenvalue weighted by atomic mass is 9.88. The normalized spacial score (nSPS) is 23.0. The summed E-state index contributed by atoms with van der Waals surface area (Å²) in [6.07, 6.45) is 13.8. The lowest BCUT2D eigenvalue weighted by Crippen LogP contribution is -2.36. The van der Waals surface area contributed by atoms with Crippen LogP contribution in [0.15, 0.2) is 72.8 Å². The second-order valence-corrected chi connectivity index (χ2v) is 18.1. The number of phenolic OH excluding ortho intramolecular Hbond substituents is 1. The molecule has 4 atom stereocenters. The van der Waals surface area contributed by atoms with Crippen LogP contribution in [0.25, 0.3) is 21.5 Å². The van der Waals surface area contributed by atoms with Crippen LogP contribution in [0.4, 0.5) is 0 Å². The van der Waals surface area contributed by atoms with E-state index in [4.69, 9.17) is 14.2 Å². The molecule has 4 unspecified atom stereocenters. The number of hydrogen-bond acceptors (Lipinski definition) is 9. The van der Waals surface area contributed by atoms with Gasteiger partial charge in [0.1, 0.15) is 17.6 Å². The van der Waals surface area contributed by atoms with Crippen LogP contribution >= 0.6 is 0 Å². The molecule has 2 aliphatic carbocycles. The molecule has 4 fully saturated rings. The summed E-state index contributed by atoms with van der Waals surface area (Å²) in [5.74, 6) is 2.56. The quantitative estimate of drug-likeness (QED) is 0.151. The van der Waals surface area contributed by atoms with Gasteiger partial charge < -0.3 is 24.4 Å². The van der Waals surface area contributed by atoms with Crippen molar-refractivity contribution in [3.63, 3.8) is 0 Å². The highest BCUT2D eigenvalue weighted by atomic mass is 16.5. The molecular formula is C52H72N2O7. The standard InChI is InChI=1S/C26H35NO3.C19H23NO3.C7H14O/c1-3-29-26(28)21-12-14-27(15-13-21)18-20-8-9-23-17-24(11-10-22(23)16-20)30-25-7-5-4-6-19(25)2;1-2-23-19(22)15-7-9-20(10-8-15)13-14-3-4-17-12-18(21)6-5-16(17)11-14;1-6-4-2-3-5-7(6)8/h8-11,16-17,19,21,25H,3-7,12-15,18H2,1-2H3;3-6,11-12,15,21H,2,7-10,13H2,1H3;6-8H,2-5H2,1H3. The molecule has 0 bridgehead atoms. The first-order valence-electron chi connectivity index (χ1n) is 23.5. The average molecular weight is 837 g/mol. The lowest BCUT2D eigenvalue weighted by molar-refractivity contribution is -0.150. The summed E-state index contributed by atoms with van der Waals surface area (Å²) in [4.78, 5) is 28.5. The highest BCUT2D eigenvalue weighted by Crippen LogP contribution is 2.31. The number of fused-ring (bicyclic) bond motifs is 2. The molecule has 2 saturated heterocycles. The van der Waals surface area contributed by atoms with Gasteiger partial charge in [0.2, 0.25) is 0 Å². The van der Waals surface area contributed by atoms with Crippen LogP contribution in [0.3, 0.4) is 0 Å². The smallest absolute Gasteiger partial charge is 0.309 e. The van der Waals surface area contributed by atoms with Gasteiger partial charge in [-0.15, -0.1) is 0 Å². The summed E-state index contributed by atoms with van der Waals surface area (Å²) in [5.41, 5.74) is 2.59. The predicted octanol–water partition coefficient (Wildman–Crippen LogP) is 10.5. The van der Waals surface area contributed by atoms with Crippen molar-refractivity contribution in [2.24, 2.45) is 23.7 Å². The van der Waals surface area contributed by atoms with Gasteiger partial charge in [-0.05, 0) is 179 Å². The van der Waals surface area contributed by atoms with Crippen LogP contribution < -0.4 is 4.74 Å². The molecular weight excluding hydrogens is 765 g/mol. The Morgan fingerprint density at radius 3 is 1.52 bits per heavy atom. The Hall–Kier alpha value is -4.18. The van der Waals surface area contributed by atoms with Crippen molar-refractivity contribution in [3.05, 3.63) is 83.9 Å². The van der Waals surface area contributed by atoms with E-state index in [1.807, 2.05) is 19.9 Å². The Morgan fingerprint density at radius 1 is 0.574 bits per heavy atom. The maximum atomic E-state index is 11.9. The fourth-order valence-corrected chi connectivity index (χ4v) is 9.44. The first-order valence-corrected chi connectivity index (χ1v) is 23.5. The molecule has 4 aromatic rings. The number of esters is 2. The summed E-state index contributed by atoms with van der Waals surface area (Å²) < 4.78 is 16.6. The Morgan fingerprint density at radius 2 is 1.03 bits per heavy atom. The number of carbonyl (C=O) groups is 2. The van der Waals surface area contributed by atoms with E-state index < -0.39 is 0 Å². The summed E-state index contributed by atoms with van der Waals surface area (Å²) in [6, 6.07) is 25.0. The van der Waals surface area contributed by atoms with E-state index in [2.05, 4.69) is 78.2 Å². The second kappa shape index (κ2) is 23.3. The van der Waals surface area contributed by atoms with Crippen molar-refractivity contribution in [1.82, 2.24) is 9.80 Å². The van der Waals surface area contributed by atoms with E-state index in [0.717, 1.165) is 87.9 Å². The van der Waals surface area contributed by atoms with Gasteiger partial charge in [-0.1, -0.05) is 69.5 Å². The minimum absolute atomic E-state index is 0.00347. The number of likely N-dealkylation sites (tertiary alicyclic amines) is 2. The third kappa shape index (κ3) is 13.9. The van der Waals surface area contributed by atoms with Crippen molar-refractivity contribution < 1.29 is 34.0 Å². The zero-order chi connectivity index (χ0) is 43.1. The number of rotatable bonds is 10. The van der Waals surface area contributed by atoms with Crippen molar-refractivity contribution in [2.45, 2.75) is 130 Å². The third-order valence-electron chi connectivity index (χ3n) is 13.4. The number of aliphatic hydroxyl groups is 1. The molecule has 2 saturated carbocycles. The first kappa shape index (κ1) is 46.3. The average Bonchev–Trinajstić information content (AvgIpc) is 3.27. The van der Waals surface area contributed by atoms with Crippen LogP contribution in [0.1, 0.15) is 116 Å². The van der Waals surface area contributed by atoms with Gasteiger partial charge in [0.05, 0.1) is 31.2 Å². The molecule has 61 heavy (non-hydrogen) atoms. The van der Waals surface area contributed by atoms with Crippen LogP contribution in [-0.2, 0) is 32.2 Å². The van der Waals surface area contributed by atoms with Crippen LogP contribution in [0, 0.1) is 23.7 Å². The molecule has 9 nitrogen and oxygen atoms in total. The Balaban J connectivity index is 0.000000177. The van der Waals surface area contributed by atoms with Gasteiger partial charge >= 0.3 is 11.9 Å². The molecule has 2 aliphatic heterocycles. The van der Waals surface area contributed by atoms with Gasteiger partial charge in [-0.3, -0.25) is 19.4 Å². The fourth-order valence-electron chi connectivity index (χ4n) is 9.44. The van der Waals surface area contributed by atoms with Crippen LogP contribution in [0.5, 0.6) is 11.5 Å². The maximum Gasteiger partial charge on any atom is 0.309 e. The number of aliphatic hydroxyl groups excluding tert-OH is 1. The Kier molecular flexibility index (Phi) is 17.7. The summed E-state index contributed by atoms with van der Waals surface area (Å²) in [7, 11) is 0. The van der Waals surface area contributed by atoms with Crippen molar-refractivity contribution >= 4 is 33.5 Å². The fraction of sp³-hybridized carbons (Fsp3) is 0.577. The summed E-state index contributed by atoms with van der Waals surface area (Å²) in [5, 5.41) is 23.4. The molecule has 4 aromatic carbocycles. The number of ether oxygens (including phenoxy) is 3. The largest absolute Gasteiger partial charge is 0.508 e. The molecule has 0 spiro atoms. The van der Waals surface area contributed by atoms with Gasteiger partial charge in [0.15, 0.2) is 0 Å². The molecule has 332 valence electrons. The highest BCUT2D eigenvalue weighted by Gasteiger charge is 2.27.